The van der Waals surface area contributed by atoms with Gasteiger partial charge in [-0.1, -0.05) is 26.8 Å². The van der Waals surface area contributed by atoms with Crippen LogP contribution in [0.2, 0.25) is 0 Å². The molecule has 0 aliphatic carbocycles. The van der Waals surface area contributed by atoms with Crippen LogP contribution in [0.3, 0.4) is 0 Å². The lowest BCUT2D eigenvalue weighted by Crippen LogP contribution is -2.09. The lowest BCUT2D eigenvalue weighted by molar-refractivity contribution is -0.115. The topological polar surface area (TPSA) is 29.1 Å². The first-order chi connectivity index (χ1) is 7.04. The molecule has 0 radical (unpaired) electrons. The molecule has 1 N–H and O–H groups in total. The van der Waals surface area contributed by atoms with Crippen LogP contribution < -0.4 is 5.32 Å². The molecule has 0 aliphatic heterocycles. The van der Waals surface area contributed by atoms with Crippen LogP contribution >= 0.6 is 0 Å². The minimum Gasteiger partial charge on any atom is -0.326 e. The summed E-state index contributed by atoms with van der Waals surface area (Å²) in [5, 5.41) is 2.86. The van der Waals surface area contributed by atoms with Gasteiger partial charge in [0.2, 0.25) is 5.91 Å². The Hall–Kier alpha value is -1.31. The van der Waals surface area contributed by atoms with Crippen molar-refractivity contribution in [3.05, 3.63) is 29.3 Å². The Labute approximate surface area is 91.7 Å². The monoisotopic (exact) mass is 205 g/mol. The van der Waals surface area contributed by atoms with Gasteiger partial charge in [-0.25, -0.2) is 0 Å². The van der Waals surface area contributed by atoms with Gasteiger partial charge in [0.25, 0.3) is 0 Å². The maximum Gasteiger partial charge on any atom is 0.224 e. The maximum atomic E-state index is 11.2. The van der Waals surface area contributed by atoms with Crippen molar-refractivity contribution in [3.63, 3.8) is 0 Å². The van der Waals surface area contributed by atoms with Gasteiger partial charge in [0, 0.05) is 12.1 Å². The second-order valence-electron chi connectivity index (χ2n) is 4.13. The predicted molar refractivity (Wildman–Crippen MR) is 64.2 cm³/mol. The molecule has 0 aliphatic rings. The summed E-state index contributed by atoms with van der Waals surface area (Å²) in [7, 11) is 0. The normalized spacial score (nSPS) is 10.5. The molecule has 15 heavy (non-hydrogen) atoms. The zero-order valence-corrected chi connectivity index (χ0v) is 9.92. The SMILES string of the molecule is CCC(=O)Nc1ccc(C(C)C)c(C)c1. The van der Waals surface area contributed by atoms with Crippen LogP contribution in [-0.4, -0.2) is 5.91 Å². The number of carbonyl (C=O) groups excluding carboxylic acids is 1. The van der Waals surface area contributed by atoms with Crippen LogP contribution in [0.1, 0.15) is 44.2 Å². The summed E-state index contributed by atoms with van der Waals surface area (Å²) in [6.45, 7) is 8.28. The standard InChI is InChI=1S/C13H19NO/c1-5-13(15)14-11-6-7-12(9(2)3)10(4)8-11/h6-9H,5H2,1-4H3,(H,14,15). The molecule has 0 aromatic heterocycles. The van der Waals surface area contributed by atoms with Gasteiger partial charge < -0.3 is 5.32 Å². The highest BCUT2D eigenvalue weighted by Crippen LogP contribution is 2.22. The van der Waals surface area contributed by atoms with Gasteiger partial charge in [-0.05, 0) is 36.1 Å². The average molecular weight is 205 g/mol. The highest BCUT2D eigenvalue weighted by molar-refractivity contribution is 5.90. The Kier molecular flexibility index (Phi) is 3.89. The highest BCUT2D eigenvalue weighted by Gasteiger charge is 2.05. The molecule has 0 heterocycles. The number of aryl methyl sites for hydroxylation is 1. The Morgan fingerprint density at radius 1 is 1.40 bits per heavy atom. The van der Waals surface area contributed by atoms with Crippen molar-refractivity contribution in [2.45, 2.75) is 40.0 Å². The smallest absolute Gasteiger partial charge is 0.224 e. The van der Waals surface area contributed by atoms with Crippen LogP contribution in [-0.2, 0) is 4.79 Å². The molecule has 1 aromatic carbocycles. The third kappa shape index (κ3) is 3.08. The number of benzene rings is 1. The van der Waals surface area contributed by atoms with Crippen LogP contribution in [0.4, 0.5) is 5.69 Å². The molecule has 1 rings (SSSR count). The third-order valence-corrected chi connectivity index (χ3v) is 2.50. The maximum absolute atomic E-state index is 11.2. The molecule has 0 unspecified atom stereocenters. The zero-order valence-electron chi connectivity index (χ0n) is 9.92. The van der Waals surface area contributed by atoms with Crippen molar-refractivity contribution in [3.8, 4) is 0 Å². The number of nitrogens with one attached hydrogen (secondary N) is 1. The van der Waals surface area contributed by atoms with E-state index in [4.69, 9.17) is 0 Å². The van der Waals surface area contributed by atoms with Crippen LogP contribution in [0.5, 0.6) is 0 Å². The van der Waals surface area contributed by atoms with E-state index in [0.717, 1.165) is 5.69 Å². The van der Waals surface area contributed by atoms with E-state index < -0.39 is 0 Å². The molecule has 0 fully saturated rings. The quantitative estimate of drug-likeness (QED) is 0.804. The largest absolute Gasteiger partial charge is 0.326 e. The van der Waals surface area contributed by atoms with Gasteiger partial charge in [0.05, 0.1) is 0 Å². The first-order valence-electron chi connectivity index (χ1n) is 5.45. The van der Waals surface area contributed by atoms with E-state index >= 15 is 0 Å². The molecule has 2 nitrogen and oxygen atoms in total. The zero-order chi connectivity index (χ0) is 11.4. The van der Waals surface area contributed by atoms with Crippen molar-refractivity contribution in [2.75, 3.05) is 5.32 Å². The average Bonchev–Trinajstić information content (AvgIpc) is 2.17. The summed E-state index contributed by atoms with van der Waals surface area (Å²) in [6, 6.07) is 6.09. The van der Waals surface area contributed by atoms with Gasteiger partial charge in [-0.2, -0.15) is 0 Å². The Morgan fingerprint density at radius 2 is 2.07 bits per heavy atom. The molecule has 1 aromatic rings. The third-order valence-electron chi connectivity index (χ3n) is 2.50. The van der Waals surface area contributed by atoms with E-state index in [2.05, 4.69) is 32.2 Å². The lowest BCUT2D eigenvalue weighted by atomic mass is 9.98. The van der Waals surface area contributed by atoms with Gasteiger partial charge in [0.1, 0.15) is 0 Å². The summed E-state index contributed by atoms with van der Waals surface area (Å²) < 4.78 is 0. The van der Waals surface area contributed by atoms with E-state index in [0.29, 0.717) is 12.3 Å². The summed E-state index contributed by atoms with van der Waals surface area (Å²) in [5.74, 6) is 0.590. The Bertz CT molecular complexity index is 356. The second-order valence-corrected chi connectivity index (χ2v) is 4.13. The molecule has 82 valence electrons. The van der Waals surface area contributed by atoms with Crippen molar-refractivity contribution < 1.29 is 4.79 Å². The molecule has 2 heteroatoms. The van der Waals surface area contributed by atoms with Gasteiger partial charge in [-0.3, -0.25) is 4.79 Å². The molecular weight excluding hydrogens is 186 g/mol. The first-order valence-corrected chi connectivity index (χ1v) is 5.45. The van der Waals surface area contributed by atoms with Crippen LogP contribution in [0, 0.1) is 6.92 Å². The second kappa shape index (κ2) is 4.96. The molecule has 0 saturated heterocycles. The summed E-state index contributed by atoms with van der Waals surface area (Å²) in [4.78, 5) is 11.2. The summed E-state index contributed by atoms with van der Waals surface area (Å²) in [5.41, 5.74) is 3.46. The van der Waals surface area contributed by atoms with Crippen molar-refractivity contribution in [2.24, 2.45) is 0 Å². The summed E-state index contributed by atoms with van der Waals surface area (Å²) in [6.07, 6.45) is 0.519. The number of rotatable bonds is 3. The molecule has 0 saturated carbocycles. The van der Waals surface area contributed by atoms with E-state index in [-0.39, 0.29) is 5.91 Å². The van der Waals surface area contributed by atoms with Crippen LogP contribution in [0.25, 0.3) is 0 Å². The number of carbonyl (C=O) groups is 1. The first kappa shape index (κ1) is 11.8. The molecule has 0 atom stereocenters. The van der Waals surface area contributed by atoms with E-state index in [1.165, 1.54) is 11.1 Å². The minimum atomic E-state index is 0.0618. The Morgan fingerprint density at radius 3 is 2.53 bits per heavy atom. The van der Waals surface area contributed by atoms with Crippen molar-refractivity contribution in [1.29, 1.82) is 0 Å². The van der Waals surface area contributed by atoms with E-state index in [1.54, 1.807) is 0 Å². The fraction of sp³-hybridized carbons (Fsp3) is 0.462. The Balaban J connectivity index is 2.87. The van der Waals surface area contributed by atoms with E-state index in [1.807, 2.05) is 19.1 Å². The van der Waals surface area contributed by atoms with Gasteiger partial charge in [-0.15, -0.1) is 0 Å². The molecule has 1 amide bonds. The molecular formula is C13H19NO. The highest BCUT2D eigenvalue weighted by atomic mass is 16.1. The van der Waals surface area contributed by atoms with Crippen LogP contribution in [0.15, 0.2) is 18.2 Å². The number of hydrogen-bond acceptors (Lipinski definition) is 1. The number of hydrogen-bond donors (Lipinski definition) is 1. The van der Waals surface area contributed by atoms with E-state index in [9.17, 15) is 4.79 Å². The predicted octanol–water partition coefficient (Wildman–Crippen LogP) is 3.47. The number of anilines is 1. The summed E-state index contributed by atoms with van der Waals surface area (Å²) >= 11 is 0. The van der Waals surface area contributed by atoms with Gasteiger partial charge >= 0.3 is 0 Å². The van der Waals surface area contributed by atoms with Crippen molar-refractivity contribution in [1.82, 2.24) is 0 Å². The molecule has 0 bridgehead atoms. The molecule has 0 spiro atoms. The number of amides is 1. The lowest BCUT2D eigenvalue weighted by Gasteiger charge is -2.11. The van der Waals surface area contributed by atoms with Crippen molar-refractivity contribution >= 4 is 11.6 Å². The fourth-order valence-corrected chi connectivity index (χ4v) is 1.65. The van der Waals surface area contributed by atoms with Gasteiger partial charge in [0.15, 0.2) is 0 Å². The minimum absolute atomic E-state index is 0.0618. The fourth-order valence-electron chi connectivity index (χ4n) is 1.65.